The lowest BCUT2D eigenvalue weighted by Crippen LogP contribution is -2.16. The molecule has 0 saturated heterocycles. The number of carboxylic acid groups (broad SMARTS) is 1. The number of anilines is 1. The number of hydrogen-bond donors (Lipinski definition) is 2. The number of nitrogens with one attached hydrogen (secondary N) is 1. The summed E-state index contributed by atoms with van der Waals surface area (Å²) in [6.07, 6.45) is 0.213. The van der Waals surface area contributed by atoms with Crippen LogP contribution >= 0.6 is 0 Å². The van der Waals surface area contributed by atoms with Crippen LogP contribution in [-0.4, -0.2) is 16.9 Å². The molecule has 4 nitrogen and oxygen atoms in total. The van der Waals surface area contributed by atoms with Crippen LogP contribution in [-0.2, 0) is 9.59 Å². The van der Waals surface area contributed by atoms with E-state index in [1.165, 1.54) is 5.56 Å². The fraction of sp³-hybridized carbons (Fsp3) is 0.263. The lowest BCUT2D eigenvalue weighted by molar-refractivity contribution is -0.138. The quantitative estimate of drug-likeness (QED) is 0.774. The Morgan fingerprint density at radius 2 is 1.65 bits per heavy atom. The predicted octanol–water partition coefficient (Wildman–Crippen LogP) is 3.97. The summed E-state index contributed by atoms with van der Waals surface area (Å²) >= 11 is 0. The zero-order valence-electron chi connectivity index (χ0n) is 13.2. The van der Waals surface area contributed by atoms with Crippen molar-refractivity contribution >= 4 is 17.4 Å². The van der Waals surface area contributed by atoms with E-state index in [0.717, 1.165) is 11.3 Å². The predicted molar refractivity (Wildman–Crippen MR) is 90.5 cm³/mol. The molecule has 0 amide bonds. The van der Waals surface area contributed by atoms with Crippen molar-refractivity contribution in [2.75, 3.05) is 5.32 Å². The number of carbonyl (C=O) groups excluding carboxylic acids is 1. The Balaban J connectivity index is 2.10. The van der Waals surface area contributed by atoms with Crippen molar-refractivity contribution in [3.63, 3.8) is 0 Å². The largest absolute Gasteiger partial charge is 0.481 e. The lowest BCUT2D eigenvalue weighted by atomic mass is 9.99. The maximum absolute atomic E-state index is 12.1. The molecule has 0 spiro atoms. The van der Waals surface area contributed by atoms with Gasteiger partial charge >= 0.3 is 5.97 Å². The lowest BCUT2D eigenvalue weighted by Gasteiger charge is -2.20. The van der Waals surface area contributed by atoms with Crippen molar-refractivity contribution in [3.05, 3.63) is 65.7 Å². The third kappa shape index (κ3) is 5.58. The van der Waals surface area contributed by atoms with Gasteiger partial charge in [-0.1, -0.05) is 48.0 Å². The van der Waals surface area contributed by atoms with Gasteiger partial charge in [-0.15, -0.1) is 0 Å². The van der Waals surface area contributed by atoms with Crippen LogP contribution in [0, 0.1) is 6.92 Å². The number of carboxylic acids is 1. The van der Waals surface area contributed by atoms with Crippen molar-refractivity contribution in [1.29, 1.82) is 0 Å². The number of rotatable bonds is 8. The van der Waals surface area contributed by atoms with E-state index >= 15 is 0 Å². The molecule has 1 atom stereocenters. The van der Waals surface area contributed by atoms with E-state index in [1.54, 1.807) is 0 Å². The van der Waals surface area contributed by atoms with E-state index in [-0.39, 0.29) is 31.1 Å². The summed E-state index contributed by atoms with van der Waals surface area (Å²) in [7, 11) is 0. The van der Waals surface area contributed by atoms with Gasteiger partial charge in [-0.3, -0.25) is 9.59 Å². The molecule has 0 aliphatic heterocycles. The van der Waals surface area contributed by atoms with Crippen molar-refractivity contribution in [3.8, 4) is 0 Å². The van der Waals surface area contributed by atoms with Crippen LogP contribution in [0.15, 0.2) is 54.6 Å². The molecule has 0 aliphatic rings. The molecule has 4 heteroatoms. The van der Waals surface area contributed by atoms with Gasteiger partial charge in [0.05, 0.1) is 12.5 Å². The van der Waals surface area contributed by atoms with Crippen LogP contribution < -0.4 is 5.32 Å². The second-order valence-electron chi connectivity index (χ2n) is 5.61. The van der Waals surface area contributed by atoms with Crippen molar-refractivity contribution in [2.45, 2.75) is 32.2 Å². The second kappa shape index (κ2) is 8.13. The molecule has 120 valence electrons. The first kappa shape index (κ1) is 16.7. The zero-order valence-corrected chi connectivity index (χ0v) is 13.2. The van der Waals surface area contributed by atoms with Crippen LogP contribution in [0.25, 0.3) is 0 Å². The minimum atomic E-state index is -0.943. The van der Waals surface area contributed by atoms with E-state index in [9.17, 15) is 9.59 Å². The Morgan fingerprint density at radius 3 is 2.26 bits per heavy atom. The molecule has 0 saturated carbocycles. The molecule has 0 fully saturated rings. The smallest absolute Gasteiger partial charge is 0.303 e. The molecule has 0 radical (unpaired) electrons. The third-order valence-electron chi connectivity index (χ3n) is 3.64. The highest BCUT2D eigenvalue weighted by Crippen LogP contribution is 2.24. The molecule has 2 aromatic rings. The summed E-state index contributed by atoms with van der Waals surface area (Å²) in [6.45, 7) is 2.02. The van der Waals surface area contributed by atoms with Gasteiger partial charge in [0, 0.05) is 18.5 Å². The van der Waals surface area contributed by atoms with Crippen LogP contribution in [0.4, 0.5) is 5.69 Å². The molecule has 0 aromatic heterocycles. The van der Waals surface area contributed by atoms with Gasteiger partial charge in [0.25, 0.3) is 0 Å². The minimum Gasteiger partial charge on any atom is -0.481 e. The Labute approximate surface area is 136 Å². The Kier molecular flexibility index (Phi) is 5.92. The topological polar surface area (TPSA) is 66.4 Å². The van der Waals surface area contributed by atoms with Gasteiger partial charge in [-0.2, -0.15) is 0 Å². The van der Waals surface area contributed by atoms with Crippen molar-refractivity contribution in [1.82, 2.24) is 0 Å². The van der Waals surface area contributed by atoms with Gasteiger partial charge in [0.1, 0.15) is 5.78 Å². The first-order valence-electron chi connectivity index (χ1n) is 7.66. The van der Waals surface area contributed by atoms with Crippen LogP contribution in [0.5, 0.6) is 0 Å². The van der Waals surface area contributed by atoms with E-state index in [4.69, 9.17) is 5.11 Å². The number of carbonyl (C=O) groups is 2. The van der Waals surface area contributed by atoms with Crippen LogP contribution in [0.2, 0.25) is 0 Å². The van der Waals surface area contributed by atoms with E-state index in [2.05, 4.69) is 5.32 Å². The first-order chi connectivity index (χ1) is 11.0. The SMILES string of the molecule is Cc1ccc(N[C@@H](CC(=O)CCC(=O)O)c2ccccc2)cc1. The fourth-order valence-electron chi connectivity index (χ4n) is 2.36. The molecule has 2 N–H and O–H groups in total. The number of ketones is 1. The summed E-state index contributed by atoms with van der Waals surface area (Å²) in [6, 6.07) is 17.5. The molecule has 0 aliphatic carbocycles. The highest BCUT2D eigenvalue weighted by atomic mass is 16.4. The Hall–Kier alpha value is -2.62. The minimum absolute atomic E-state index is 0.0548. The van der Waals surface area contributed by atoms with Gasteiger partial charge in [-0.25, -0.2) is 0 Å². The highest BCUT2D eigenvalue weighted by molar-refractivity contribution is 5.83. The number of benzene rings is 2. The maximum Gasteiger partial charge on any atom is 0.303 e. The van der Waals surface area contributed by atoms with Crippen LogP contribution in [0.1, 0.15) is 36.4 Å². The number of aliphatic carboxylic acids is 1. The summed E-state index contributed by atoms with van der Waals surface area (Å²) in [5.74, 6) is -0.998. The van der Waals surface area contributed by atoms with E-state index in [0.29, 0.717) is 0 Å². The summed E-state index contributed by atoms with van der Waals surface area (Å²) in [4.78, 5) is 22.7. The number of aryl methyl sites for hydroxylation is 1. The number of Topliss-reactive ketones (excluding diaryl/α,β-unsaturated/α-hetero) is 1. The first-order valence-corrected chi connectivity index (χ1v) is 7.66. The molecular formula is C19H21NO3. The molecule has 2 rings (SSSR count). The Bertz CT molecular complexity index is 650. The highest BCUT2D eigenvalue weighted by Gasteiger charge is 2.16. The van der Waals surface area contributed by atoms with E-state index < -0.39 is 5.97 Å². The molecular weight excluding hydrogens is 290 g/mol. The zero-order chi connectivity index (χ0) is 16.7. The van der Waals surface area contributed by atoms with E-state index in [1.807, 2.05) is 61.5 Å². The second-order valence-corrected chi connectivity index (χ2v) is 5.61. The Morgan fingerprint density at radius 1 is 1.00 bits per heavy atom. The number of hydrogen-bond acceptors (Lipinski definition) is 3. The monoisotopic (exact) mass is 311 g/mol. The van der Waals surface area contributed by atoms with Crippen LogP contribution in [0.3, 0.4) is 0 Å². The maximum atomic E-state index is 12.1. The molecule has 0 bridgehead atoms. The molecule has 2 aromatic carbocycles. The standard InChI is InChI=1S/C19H21NO3/c1-14-7-9-16(10-8-14)20-18(15-5-3-2-4-6-15)13-17(21)11-12-19(22)23/h2-10,18,20H,11-13H2,1H3,(H,22,23)/t18-/m0/s1. The van der Waals surface area contributed by atoms with Gasteiger partial charge in [0.15, 0.2) is 0 Å². The van der Waals surface area contributed by atoms with Gasteiger partial charge < -0.3 is 10.4 Å². The molecule has 23 heavy (non-hydrogen) atoms. The molecule has 0 unspecified atom stereocenters. The summed E-state index contributed by atoms with van der Waals surface area (Å²) < 4.78 is 0. The molecule has 0 heterocycles. The average molecular weight is 311 g/mol. The average Bonchev–Trinajstić information content (AvgIpc) is 2.55. The third-order valence-corrected chi connectivity index (χ3v) is 3.64. The van der Waals surface area contributed by atoms with Crippen molar-refractivity contribution in [2.24, 2.45) is 0 Å². The normalized spacial score (nSPS) is 11.7. The van der Waals surface area contributed by atoms with Gasteiger partial charge in [0.2, 0.25) is 0 Å². The summed E-state index contributed by atoms with van der Waals surface area (Å²) in [5.41, 5.74) is 3.12. The fourth-order valence-corrected chi connectivity index (χ4v) is 2.36. The van der Waals surface area contributed by atoms with Gasteiger partial charge in [-0.05, 0) is 24.6 Å². The van der Waals surface area contributed by atoms with Crippen molar-refractivity contribution < 1.29 is 14.7 Å². The summed E-state index contributed by atoms with van der Waals surface area (Å²) in [5, 5.41) is 12.1.